The monoisotopic (exact) mass is 433 g/mol. The van der Waals surface area contributed by atoms with Crippen molar-refractivity contribution in [3.8, 4) is 28.3 Å². The maximum atomic E-state index is 14.3. The van der Waals surface area contributed by atoms with E-state index in [9.17, 15) is 4.39 Å². The minimum absolute atomic E-state index is 0.275. The molecule has 0 fully saturated rings. The van der Waals surface area contributed by atoms with E-state index in [0.717, 1.165) is 28.1 Å². The first-order chi connectivity index (χ1) is 15.5. The molecule has 2 N–H and O–H groups in total. The number of ether oxygens (including phenoxy) is 1. The van der Waals surface area contributed by atoms with Crippen molar-refractivity contribution in [2.75, 3.05) is 5.73 Å². The van der Waals surface area contributed by atoms with Gasteiger partial charge in [0.15, 0.2) is 11.6 Å². The molecule has 0 saturated heterocycles. The molecule has 8 nitrogen and oxygen atoms in total. The molecule has 1 unspecified atom stereocenters. The van der Waals surface area contributed by atoms with Crippen LogP contribution in [0.25, 0.3) is 22.5 Å². The number of benzene rings is 1. The van der Waals surface area contributed by atoms with Gasteiger partial charge in [0.2, 0.25) is 0 Å². The first kappa shape index (κ1) is 20.2. The van der Waals surface area contributed by atoms with Crippen molar-refractivity contribution < 1.29 is 9.13 Å². The van der Waals surface area contributed by atoms with Crippen LogP contribution in [0.1, 0.15) is 43.7 Å². The lowest BCUT2D eigenvalue weighted by atomic mass is 9.96. The molecule has 0 saturated carbocycles. The predicted molar refractivity (Wildman–Crippen MR) is 118 cm³/mol. The van der Waals surface area contributed by atoms with Gasteiger partial charge in [0.05, 0.1) is 24.1 Å². The summed E-state index contributed by atoms with van der Waals surface area (Å²) in [6.07, 6.45) is 3.61. The lowest BCUT2D eigenvalue weighted by molar-refractivity contribution is 0.227. The molecule has 0 aliphatic carbocycles. The standard InChI is InChI=1S/C23H24FN7O/c1-4-30-22-14(12-27-30)8-19-21(29-31(5-2)28-19)17-7-6-16(24)10-18(17)13(3)32-20-9-15(22)11-26-23(20)25/h6-7,9-13H,4-5,8H2,1-3H3,(H2,25,26). The fourth-order valence-electron chi connectivity index (χ4n) is 4.18. The Hall–Kier alpha value is -3.75. The number of hydrogen-bond acceptors (Lipinski definition) is 6. The fraction of sp³-hybridized carbons (Fsp3) is 0.304. The summed E-state index contributed by atoms with van der Waals surface area (Å²) in [5, 5.41) is 14.0. The summed E-state index contributed by atoms with van der Waals surface area (Å²) >= 11 is 0. The van der Waals surface area contributed by atoms with Gasteiger partial charge in [-0.25, -0.2) is 9.37 Å². The van der Waals surface area contributed by atoms with Gasteiger partial charge in [0.1, 0.15) is 17.6 Å². The molecule has 4 aromatic rings. The number of halogens is 1. The van der Waals surface area contributed by atoms with E-state index < -0.39 is 6.10 Å². The molecular weight excluding hydrogens is 409 g/mol. The van der Waals surface area contributed by atoms with Crippen molar-refractivity contribution in [1.82, 2.24) is 29.8 Å². The van der Waals surface area contributed by atoms with E-state index in [2.05, 4.69) is 10.1 Å². The normalized spacial score (nSPS) is 15.1. The van der Waals surface area contributed by atoms with E-state index >= 15 is 0 Å². The van der Waals surface area contributed by atoms with Crippen LogP contribution in [0.4, 0.5) is 10.2 Å². The highest BCUT2D eigenvalue weighted by atomic mass is 19.1. The average Bonchev–Trinajstić information content (AvgIpc) is 3.38. The number of hydrogen-bond donors (Lipinski definition) is 1. The van der Waals surface area contributed by atoms with Crippen LogP contribution in [0.5, 0.6) is 5.75 Å². The maximum Gasteiger partial charge on any atom is 0.166 e. The van der Waals surface area contributed by atoms with E-state index in [0.29, 0.717) is 36.5 Å². The zero-order valence-corrected chi connectivity index (χ0v) is 18.2. The van der Waals surface area contributed by atoms with Crippen molar-refractivity contribution >= 4 is 5.82 Å². The second kappa shape index (κ2) is 7.74. The summed E-state index contributed by atoms with van der Waals surface area (Å²) in [7, 11) is 0. The van der Waals surface area contributed by atoms with Gasteiger partial charge >= 0.3 is 0 Å². The SMILES string of the molecule is CCn1nc2c(n1)-c1ccc(F)cc1C(C)Oc1cc(cnc1N)-c1c(cnn1CC)C2. The smallest absolute Gasteiger partial charge is 0.166 e. The number of aryl methyl sites for hydroxylation is 2. The minimum Gasteiger partial charge on any atom is -0.482 e. The molecule has 0 spiro atoms. The van der Waals surface area contributed by atoms with Gasteiger partial charge in [-0.3, -0.25) is 4.68 Å². The van der Waals surface area contributed by atoms with Crippen molar-refractivity contribution in [2.24, 2.45) is 0 Å². The Morgan fingerprint density at radius 2 is 2.00 bits per heavy atom. The minimum atomic E-state index is -0.491. The number of pyridine rings is 1. The van der Waals surface area contributed by atoms with Crippen LogP contribution in [0, 0.1) is 5.82 Å². The van der Waals surface area contributed by atoms with Crippen LogP contribution in [-0.2, 0) is 19.5 Å². The number of rotatable bonds is 2. The average molecular weight is 433 g/mol. The summed E-state index contributed by atoms with van der Waals surface area (Å²) in [5.41, 5.74) is 11.9. The zero-order chi connectivity index (χ0) is 22.4. The molecule has 0 amide bonds. The Labute approximate surface area is 184 Å². The third-order valence-corrected chi connectivity index (χ3v) is 5.75. The predicted octanol–water partition coefficient (Wildman–Crippen LogP) is 4.01. The van der Waals surface area contributed by atoms with Crippen molar-refractivity contribution in [1.29, 1.82) is 0 Å². The summed E-state index contributed by atoms with van der Waals surface area (Å²) in [4.78, 5) is 6.02. The van der Waals surface area contributed by atoms with E-state index in [1.54, 1.807) is 17.1 Å². The van der Waals surface area contributed by atoms with Crippen LogP contribution in [0.3, 0.4) is 0 Å². The number of nitrogens with two attached hydrogens (primary N) is 1. The molecule has 3 aromatic heterocycles. The number of nitrogens with zero attached hydrogens (tertiary/aromatic N) is 6. The molecule has 32 heavy (non-hydrogen) atoms. The van der Waals surface area contributed by atoms with Crippen LogP contribution < -0.4 is 10.5 Å². The van der Waals surface area contributed by atoms with Gasteiger partial charge in [0, 0.05) is 41.4 Å². The Kier molecular flexibility index (Phi) is 4.88. The van der Waals surface area contributed by atoms with Gasteiger partial charge in [-0.2, -0.15) is 20.1 Å². The number of anilines is 1. The Bertz CT molecular complexity index is 1310. The zero-order valence-electron chi connectivity index (χ0n) is 18.2. The van der Waals surface area contributed by atoms with Crippen LogP contribution in [0.2, 0.25) is 0 Å². The van der Waals surface area contributed by atoms with Crippen LogP contribution in [-0.4, -0.2) is 29.8 Å². The van der Waals surface area contributed by atoms with Crippen LogP contribution in [0.15, 0.2) is 36.7 Å². The maximum absolute atomic E-state index is 14.3. The van der Waals surface area contributed by atoms with Crippen molar-refractivity contribution in [2.45, 2.75) is 46.4 Å². The Morgan fingerprint density at radius 3 is 2.78 bits per heavy atom. The van der Waals surface area contributed by atoms with E-state index in [-0.39, 0.29) is 11.6 Å². The number of aromatic nitrogens is 6. The first-order valence-electron chi connectivity index (χ1n) is 10.7. The van der Waals surface area contributed by atoms with E-state index in [1.165, 1.54) is 12.1 Å². The summed E-state index contributed by atoms with van der Waals surface area (Å²) in [6, 6.07) is 6.52. The molecule has 1 aliphatic rings. The largest absolute Gasteiger partial charge is 0.482 e. The van der Waals surface area contributed by atoms with Crippen molar-refractivity contribution in [3.63, 3.8) is 0 Å². The molecule has 5 rings (SSSR count). The molecule has 9 heteroatoms. The van der Waals surface area contributed by atoms with Gasteiger partial charge in [0.25, 0.3) is 0 Å². The second-order valence-corrected chi connectivity index (χ2v) is 7.79. The van der Waals surface area contributed by atoms with Gasteiger partial charge in [-0.1, -0.05) is 0 Å². The summed E-state index contributed by atoms with van der Waals surface area (Å²) in [5.74, 6) is 0.373. The third kappa shape index (κ3) is 3.30. The number of nitrogen functional groups attached to an aromatic ring is 1. The van der Waals surface area contributed by atoms with E-state index in [1.807, 2.05) is 37.7 Å². The summed E-state index contributed by atoms with van der Waals surface area (Å²) in [6.45, 7) is 7.21. The lowest BCUT2D eigenvalue weighted by Crippen LogP contribution is -2.10. The molecule has 1 atom stereocenters. The van der Waals surface area contributed by atoms with Crippen molar-refractivity contribution in [3.05, 3.63) is 59.3 Å². The molecule has 0 radical (unpaired) electrons. The van der Waals surface area contributed by atoms with Crippen LogP contribution >= 0.6 is 0 Å². The lowest BCUT2D eigenvalue weighted by Gasteiger charge is -2.20. The number of fused-ring (bicyclic) bond motifs is 7. The highest BCUT2D eigenvalue weighted by Crippen LogP contribution is 2.37. The molecule has 2 bridgehead atoms. The highest BCUT2D eigenvalue weighted by molar-refractivity contribution is 5.71. The molecule has 1 aliphatic heterocycles. The topological polar surface area (TPSA) is 96.7 Å². The van der Waals surface area contributed by atoms with Gasteiger partial charge in [-0.15, -0.1) is 0 Å². The molecule has 1 aromatic carbocycles. The quantitative estimate of drug-likeness (QED) is 0.513. The molecular formula is C23H24FN7O. The fourth-order valence-corrected chi connectivity index (χ4v) is 4.18. The highest BCUT2D eigenvalue weighted by Gasteiger charge is 2.25. The molecule has 4 heterocycles. The Morgan fingerprint density at radius 1 is 1.16 bits per heavy atom. The van der Waals surface area contributed by atoms with E-state index in [4.69, 9.17) is 20.7 Å². The summed E-state index contributed by atoms with van der Waals surface area (Å²) < 4.78 is 22.4. The second-order valence-electron chi connectivity index (χ2n) is 7.79. The third-order valence-electron chi connectivity index (χ3n) is 5.75. The first-order valence-corrected chi connectivity index (χ1v) is 10.7. The molecule has 164 valence electrons. The Balaban J connectivity index is 1.81. The van der Waals surface area contributed by atoms with Gasteiger partial charge in [-0.05, 0) is 45.0 Å². The van der Waals surface area contributed by atoms with Gasteiger partial charge < -0.3 is 10.5 Å².